The minimum atomic E-state index is -2.77. The average molecular weight is 295 g/mol. The number of hydrogen-bond acceptors (Lipinski definition) is 3. The van der Waals surface area contributed by atoms with Crippen molar-refractivity contribution in [2.45, 2.75) is 18.2 Å². The third kappa shape index (κ3) is 2.88. The van der Waals surface area contributed by atoms with Gasteiger partial charge in [-0.15, -0.1) is 0 Å². The normalized spacial score (nSPS) is 10.8. The van der Waals surface area contributed by atoms with Gasteiger partial charge in [0.05, 0.1) is 12.1 Å². The van der Waals surface area contributed by atoms with Gasteiger partial charge in [0.1, 0.15) is 5.69 Å². The number of carboxylic acid groups (broad SMARTS) is 1. The molecule has 0 aliphatic carbocycles. The topological polar surface area (TPSA) is 76.2 Å². The van der Waals surface area contributed by atoms with Gasteiger partial charge in [-0.2, -0.15) is 0 Å². The van der Waals surface area contributed by atoms with Crippen molar-refractivity contribution >= 4 is 27.6 Å². The Bertz CT molecular complexity index is 413. The number of anilines is 1. The van der Waals surface area contributed by atoms with E-state index in [1.54, 1.807) is 0 Å². The van der Waals surface area contributed by atoms with Crippen molar-refractivity contribution < 1.29 is 18.7 Å². The van der Waals surface area contributed by atoms with E-state index in [1.165, 1.54) is 6.07 Å². The summed E-state index contributed by atoms with van der Waals surface area (Å²) in [7, 11) is 0. The predicted molar refractivity (Wildman–Crippen MR) is 57.6 cm³/mol. The molecule has 0 amide bonds. The number of aliphatic carboxylic acids is 1. The molecule has 3 N–H and O–H groups in total. The lowest BCUT2D eigenvalue weighted by Crippen LogP contribution is -2.09. The maximum absolute atomic E-state index is 12.6. The second-order valence-corrected chi connectivity index (χ2v) is 3.63. The molecular formula is C9H9BrF2N2O2. The van der Waals surface area contributed by atoms with Gasteiger partial charge >= 0.3 is 5.97 Å². The molecular weight excluding hydrogens is 286 g/mol. The number of pyridine rings is 1. The van der Waals surface area contributed by atoms with Crippen molar-refractivity contribution in [3.63, 3.8) is 0 Å². The monoisotopic (exact) mass is 294 g/mol. The van der Waals surface area contributed by atoms with Gasteiger partial charge in [-0.05, 0) is 6.07 Å². The summed E-state index contributed by atoms with van der Waals surface area (Å²) in [5.74, 6) is -1.14. The number of rotatable bonds is 4. The second-order valence-electron chi connectivity index (χ2n) is 3.07. The number of halogens is 3. The maximum Gasteiger partial charge on any atom is 0.309 e. The summed E-state index contributed by atoms with van der Waals surface area (Å²) in [5, 5.41) is 8.69. The Morgan fingerprint density at radius 3 is 2.69 bits per heavy atom. The lowest BCUT2D eigenvalue weighted by molar-refractivity contribution is -0.136. The van der Waals surface area contributed by atoms with Gasteiger partial charge in [0.25, 0.3) is 6.43 Å². The van der Waals surface area contributed by atoms with E-state index >= 15 is 0 Å². The van der Waals surface area contributed by atoms with E-state index in [-0.39, 0.29) is 22.3 Å². The van der Waals surface area contributed by atoms with Crippen molar-refractivity contribution in [3.8, 4) is 0 Å². The summed E-state index contributed by atoms with van der Waals surface area (Å²) in [5.41, 5.74) is 5.44. The highest BCUT2D eigenvalue weighted by Crippen LogP contribution is 2.27. The van der Waals surface area contributed by atoms with Crippen LogP contribution in [0.1, 0.15) is 23.4 Å². The van der Waals surface area contributed by atoms with E-state index in [0.29, 0.717) is 0 Å². The highest BCUT2D eigenvalue weighted by molar-refractivity contribution is 9.08. The molecule has 1 heterocycles. The number of alkyl halides is 3. The third-order valence-corrected chi connectivity index (χ3v) is 2.48. The Morgan fingerprint density at radius 2 is 2.25 bits per heavy atom. The molecule has 0 fully saturated rings. The molecule has 0 atom stereocenters. The Morgan fingerprint density at radius 1 is 1.62 bits per heavy atom. The van der Waals surface area contributed by atoms with Crippen molar-refractivity contribution in [3.05, 3.63) is 23.0 Å². The first-order valence-electron chi connectivity index (χ1n) is 4.29. The van der Waals surface area contributed by atoms with Gasteiger partial charge in [-0.25, -0.2) is 8.78 Å². The fourth-order valence-electron chi connectivity index (χ4n) is 1.24. The van der Waals surface area contributed by atoms with E-state index in [1.807, 2.05) is 0 Å². The van der Waals surface area contributed by atoms with Crippen LogP contribution in [0, 0.1) is 0 Å². The van der Waals surface area contributed by atoms with E-state index in [2.05, 4.69) is 20.9 Å². The number of hydrogen-bond donors (Lipinski definition) is 2. The van der Waals surface area contributed by atoms with Crippen LogP contribution >= 0.6 is 15.9 Å². The van der Waals surface area contributed by atoms with Crippen molar-refractivity contribution in [1.29, 1.82) is 0 Å². The number of carboxylic acids is 1. The van der Waals surface area contributed by atoms with Crippen LogP contribution in [0.3, 0.4) is 0 Å². The van der Waals surface area contributed by atoms with E-state index < -0.39 is 24.5 Å². The van der Waals surface area contributed by atoms with Crippen LogP contribution in [0.5, 0.6) is 0 Å². The Hall–Kier alpha value is -1.24. The second kappa shape index (κ2) is 5.20. The number of nitrogens with two attached hydrogens (primary N) is 1. The smallest absolute Gasteiger partial charge is 0.309 e. The molecule has 4 nitrogen and oxygen atoms in total. The van der Waals surface area contributed by atoms with Crippen LogP contribution in [0.2, 0.25) is 0 Å². The molecule has 88 valence electrons. The van der Waals surface area contributed by atoms with Crippen molar-refractivity contribution in [2.24, 2.45) is 0 Å². The first-order chi connectivity index (χ1) is 7.45. The molecule has 0 aliphatic heterocycles. The number of nitrogen functional groups attached to an aromatic ring is 1. The first kappa shape index (κ1) is 12.8. The van der Waals surface area contributed by atoms with Crippen LogP contribution in [0.25, 0.3) is 0 Å². The molecule has 0 saturated carbocycles. The molecule has 0 aromatic carbocycles. The van der Waals surface area contributed by atoms with Crippen molar-refractivity contribution in [1.82, 2.24) is 4.98 Å². The van der Waals surface area contributed by atoms with Crippen LogP contribution < -0.4 is 5.73 Å². The van der Waals surface area contributed by atoms with Gasteiger partial charge < -0.3 is 10.8 Å². The Balaban J connectivity index is 3.22. The Kier molecular flexibility index (Phi) is 4.17. The number of carbonyl (C=O) groups is 1. The van der Waals surface area contributed by atoms with Crippen LogP contribution in [0.15, 0.2) is 6.07 Å². The maximum atomic E-state index is 12.6. The lowest BCUT2D eigenvalue weighted by Gasteiger charge is -2.10. The van der Waals surface area contributed by atoms with Gasteiger partial charge in [-0.3, -0.25) is 9.78 Å². The fourth-order valence-corrected chi connectivity index (χ4v) is 1.85. The summed E-state index contributed by atoms with van der Waals surface area (Å²) >= 11 is 3.03. The summed E-state index contributed by atoms with van der Waals surface area (Å²) in [6.07, 6.45) is -3.20. The molecule has 16 heavy (non-hydrogen) atoms. The highest BCUT2D eigenvalue weighted by atomic mass is 79.9. The minimum Gasteiger partial charge on any atom is -0.481 e. The molecule has 7 heteroatoms. The highest BCUT2D eigenvalue weighted by Gasteiger charge is 2.18. The molecule has 1 aromatic heterocycles. The summed E-state index contributed by atoms with van der Waals surface area (Å²) in [6, 6.07) is 1.30. The number of aromatic nitrogens is 1. The predicted octanol–water partition coefficient (Wildman–Crippen LogP) is 2.12. The largest absolute Gasteiger partial charge is 0.481 e. The fraction of sp³-hybridized carbons (Fsp3) is 0.333. The van der Waals surface area contributed by atoms with Crippen molar-refractivity contribution in [2.75, 3.05) is 5.73 Å². The standard InChI is InChI=1S/C9H9BrF2N2O2/c10-3-5-6(13)1-4(2-7(15)16)14-8(5)9(11)12/h1,9H,2-3H2,(H2,13,14)(H,15,16). The zero-order valence-electron chi connectivity index (χ0n) is 8.08. The third-order valence-electron chi connectivity index (χ3n) is 1.92. The summed E-state index contributed by atoms with van der Waals surface area (Å²) in [4.78, 5) is 14.0. The van der Waals surface area contributed by atoms with E-state index in [4.69, 9.17) is 10.8 Å². The molecule has 0 spiro atoms. The zero-order valence-corrected chi connectivity index (χ0v) is 9.67. The molecule has 0 saturated heterocycles. The van der Waals surface area contributed by atoms with Crippen LogP contribution in [-0.4, -0.2) is 16.1 Å². The SMILES string of the molecule is Nc1cc(CC(=O)O)nc(C(F)F)c1CBr. The number of nitrogens with zero attached hydrogens (tertiary/aromatic N) is 1. The van der Waals surface area contributed by atoms with Gasteiger partial charge in [0.15, 0.2) is 0 Å². The van der Waals surface area contributed by atoms with Gasteiger partial charge in [0, 0.05) is 16.6 Å². The molecule has 0 bridgehead atoms. The molecule has 0 radical (unpaired) electrons. The van der Waals surface area contributed by atoms with E-state index in [9.17, 15) is 13.6 Å². The molecule has 1 aromatic rings. The molecule has 0 unspecified atom stereocenters. The first-order valence-corrected chi connectivity index (χ1v) is 5.42. The Labute approximate surface area is 98.6 Å². The lowest BCUT2D eigenvalue weighted by atomic mass is 10.1. The van der Waals surface area contributed by atoms with E-state index in [0.717, 1.165) is 0 Å². The molecule has 0 aliphatic rings. The average Bonchev–Trinajstić information content (AvgIpc) is 2.15. The van der Waals surface area contributed by atoms with Gasteiger partial charge in [0.2, 0.25) is 0 Å². The quantitative estimate of drug-likeness (QED) is 0.834. The van der Waals surface area contributed by atoms with Crippen LogP contribution in [0.4, 0.5) is 14.5 Å². The van der Waals surface area contributed by atoms with Crippen LogP contribution in [-0.2, 0) is 16.5 Å². The minimum absolute atomic E-state index is 0.0324. The zero-order chi connectivity index (χ0) is 12.3. The summed E-state index contributed by atoms with van der Waals surface area (Å²) < 4.78 is 25.3. The molecule has 1 rings (SSSR count). The summed E-state index contributed by atoms with van der Waals surface area (Å²) in [6.45, 7) is 0. The van der Waals surface area contributed by atoms with Gasteiger partial charge in [-0.1, -0.05) is 15.9 Å².